The topological polar surface area (TPSA) is 15.7 Å². The molecule has 2 rings (SSSR count). The first kappa shape index (κ1) is 15.8. The van der Waals surface area contributed by atoms with Crippen molar-refractivity contribution in [3.63, 3.8) is 0 Å². The van der Waals surface area contributed by atoms with E-state index in [9.17, 15) is 0 Å². The van der Waals surface area contributed by atoms with Crippen molar-refractivity contribution in [3.8, 4) is 5.75 Å². The van der Waals surface area contributed by atoms with Crippen LogP contribution in [0.5, 0.6) is 5.75 Å². The number of hydrogen-bond acceptors (Lipinski definition) is 3. The summed E-state index contributed by atoms with van der Waals surface area (Å²) < 4.78 is 6.87. The molecular formula is C16H25BrN2O. The zero-order valence-corrected chi connectivity index (χ0v) is 14.1. The number of hydrogen-bond donors (Lipinski definition) is 0. The zero-order valence-electron chi connectivity index (χ0n) is 12.5. The fourth-order valence-corrected chi connectivity index (χ4v) is 3.00. The summed E-state index contributed by atoms with van der Waals surface area (Å²) in [5, 5.41) is 0. The van der Waals surface area contributed by atoms with Gasteiger partial charge in [-0.2, -0.15) is 0 Å². The van der Waals surface area contributed by atoms with Gasteiger partial charge < -0.3 is 9.64 Å². The Kier molecular flexibility index (Phi) is 6.33. The average Bonchev–Trinajstić information content (AvgIpc) is 2.42. The minimum Gasteiger partial charge on any atom is -0.492 e. The van der Waals surface area contributed by atoms with E-state index in [4.69, 9.17) is 4.74 Å². The Morgan fingerprint density at radius 1 is 1.20 bits per heavy atom. The number of likely N-dealkylation sites (tertiary alicyclic amines) is 1. The number of halogens is 1. The molecule has 4 heteroatoms. The molecule has 1 fully saturated rings. The van der Waals surface area contributed by atoms with Crippen LogP contribution in [0.4, 0.5) is 0 Å². The Balaban J connectivity index is 1.62. The predicted molar refractivity (Wildman–Crippen MR) is 87.4 cm³/mol. The Hall–Kier alpha value is -0.580. The Morgan fingerprint density at radius 2 is 1.85 bits per heavy atom. The van der Waals surface area contributed by atoms with Gasteiger partial charge in [-0.05, 0) is 70.2 Å². The van der Waals surface area contributed by atoms with Crippen molar-refractivity contribution in [3.05, 3.63) is 28.7 Å². The smallest absolute Gasteiger partial charge is 0.119 e. The van der Waals surface area contributed by atoms with Gasteiger partial charge >= 0.3 is 0 Å². The molecule has 0 radical (unpaired) electrons. The summed E-state index contributed by atoms with van der Waals surface area (Å²) >= 11 is 3.43. The molecule has 3 nitrogen and oxygen atoms in total. The number of nitrogens with zero attached hydrogens (tertiary/aromatic N) is 2. The fraction of sp³-hybridized carbons (Fsp3) is 0.625. The molecular weight excluding hydrogens is 316 g/mol. The molecule has 1 aliphatic rings. The van der Waals surface area contributed by atoms with Crippen molar-refractivity contribution in [2.45, 2.75) is 12.8 Å². The summed E-state index contributed by atoms with van der Waals surface area (Å²) in [7, 11) is 4.33. The lowest BCUT2D eigenvalue weighted by Gasteiger charge is -2.33. The van der Waals surface area contributed by atoms with Gasteiger partial charge in [0.1, 0.15) is 12.4 Å². The molecule has 1 aromatic carbocycles. The molecule has 1 aliphatic heterocycles. The minimum atomic E-state index is 0.778. The predicted octanol–water partition coefficient (Wildman–Crippen LogP) is 3.10. The Morgan fingerprint density at radius 3 is 2.45 bits per heavy atom. The van der Waals surface area contributed by atoms with Gasteiger partial charge in [-0.3, -0.25) is 4.90 Å². The molecule has 0 amide bonds. The largest absolute Gasteiger partial charge is 0.492 e. The average molecular weight is 341 g/mol. The van der Waals surface area contributed by atoms with E-state index >= 15 is 0 Å². The van der Waals surface area contributed by atoms with Crippen molar-refractivity contribution in [2.24, 2.45) is 5.92 Å². The first-order valence-electron chi connectivity index (χ1n) is 7.39. The van der Waals surface area contributed by atoms with Crippen LogP contribution in [0.3, 0.4) is 0 Å². The first-order valence-corrected chi connectivity index (χ1v) is 8.18. The summed E-state index contributed by atoms with van der Waals surface area (Å²) in [5.74, 6) is 1.82. The van der Waals surface area contributed by atoms with Crippen LogP contribution in [0.2, 0.25) is 0 Å². The molecule has 0 bridgehead atoms. The lowest BCUT2D eigenvalue weighted by atomic mass is 9.96. The molecule has 0 aliphatic carbocycles. The summed E-state index contributed by atoms with van der Waals surface area (Å²) in [6.07, 6.45) is 2.63. The number of piperidine rings is 1. The molecule has 0 atom stereocenters. The van der Waals surface area contributed by atoms with Crippen LogP contribution in [-0.2, 0) is 0 Å². The van der Waals surface area contributed by atoms with E-state index in [1.165, 1.54) is 32.5 Å². The molecule has 0 saturated carbocycles. The van der Waals surface area contributed by atoms with Crippen LogP contribution < -0.4 is 4.74 Å². The number of rotatable bonds is 6. The van der Waals surface area contributed by atoms with Gasteiger partial charge in [0.2, 0.25) is 0 Å². The summed E-state index contributed by atoms with van der Waals surface area (Å²) in [4.78, 5) is 4.82. The summed E-state index contributed by atoms with van der Waals surface area (Å²) in [6, 6.07) is 8.05. The summed E-state index contributed by atoms with van der Waals surface area (Å²) in [6.45, 7) is 5.46. The van der Waals surface area contributed by atoms with Gasteiger partial charge in [0.05, 0.1) is 0 Å². The van der Waals surface area contributed by atoms with Crippen molar-refractivity contribution >= 4 is 15.9 Å². The maximum atomic E-state index is 5.78. The van der Waals surface area contributed by atoms with Gasteiger partial charge in [0, 0.05) is 17.6 Å². The quantitative estimate of drug-likeness (QED) is 0.791. The maximum absolute atomic E-state index is 5.78. The van der Waals surface area contributed by atoms with Crippen LogP contribution >= 0.6 is 15.9 Å². The molecule has 112 valence electrons. The van der Waals surface area contributed by atoms with Crippen molar-refractivity contribution in [2.75, 3.05) is 46.9 Å². The highest BCUT2D eigenvalue weighted by molar-refractivity contribution is 9.10. The van der Waals surface area contributed by atoms with Gasteiger partial charge in [0.25, 0.3) is 0 Å². The second kappa shape index (κ2) is 8.01. The van der Waals surface area contributed by atoms with E-state index in [0.29, 0.717) is 0 Å². The molecule has 1 heterocycles. The van der Waals surface area contributed by atoms with E-state index in [-0.39, 0.29) is 0 Å². The van der Waals surface area contributed by atoms with E-state index in [1.807, 2.05) is 24.3 Å². The zero-order chi connectivity index (χ0) is 14.4. The standard InChI is InChI=1S/C16H25BrN2O/c1-18(2)13-14-7-9-19(10-8-14)11-12-20-16-5-3-15(17)4-6-16/h3-6,14H,7-13H2,1-2H3. The van der Waals surface area contributed by atoms with Gasteiger partial charge in [-0.15, -0.1) is 0 Å². The third kappa shape index (κ3) is 5.43. The fourth-order valence-electron chi connectivity index (χ4n) is 2.73. The van der Waals surface area contributed by atoms with E-state index < -0.39 is 0 Å². The third-order valence-corrected chi connectivity index (χ3v) is 4.35. The highest BCUT2D eigenvalue weighted by atomic mass is 79.9. The second-order valence-electron chi connectivity index (χ2n) is 5.85. The minimum absolute atomic E-state index is 0.778. The molecule has 0 N–H and O–H groups in total. The van der Waals surface area contributed by atoms with Crippen molar-refractivity contribution < 1.29 is 4.74 Å². The van der Waals surface area contributed by atoms with Gasteiger partial charge in [-0.1, -0.05) is 15.9 Å². The second-order valence-corrected chi connectivity index (χ2v) is 6.77. The van der Waals surface area contributed by atoms with Crippen LogP contribution in [0, 0.1) is 5.92 Å². The first-order chi connectivity index (χ1) is 9.63. The van der Waals surface area contributed by atoms with E-state index in [2.05, 4.69) is 39.8 Å². The van der Waals surface area contributed by atoms with Crippen LogP contribution in [-0.4, -0.2) is 56.7 Å². The van der Waals surface area contributed by atoms with Gasteiger partial charge in [-0.25, -0.2) is 0 Å². The van der Waals surface area contributed by atoms with Crippen LogP contribution in [0.1, 0.15) is 12.8 Å². The monoisotopic (exact) mass is 340 g/mol. The van der Waals surface area contributed by atoms with Crippen LogP contribution in [0.25, 0.3) is 0 Å². The lowest BCUT2D eigenvalue weighted by Crippen LogP contribution is -2.39. The lowest BCUT2D eigenvalue weighted by molar-refractivity contribution is 0.141. The van der Waals surface area contributed by atoms with Crippen LogP contribution in [0.15, 0.2) is 28.7 Å². The maximum Gasteiger partial charge on any atom is 0.119 e. The Labute approximate surface area is 131 Å². The number of benzene rings is 1. The molecule has 1 saturated heterocycles. The van der Waals surface area contributed by atoms with E-state index in [0.717, 1.165) is 29.3 Å². The molecule has 20 heavy (non-hydrogen) atoms. The molecule has 0 aromatic heterocycles. The molecule has 1 aromatic rings. The molecule has 0 unspecified atom stereocenters. The van der Waals surface area contributed by atoms with Crippen molar-refractivity contribution in [1.82, 2.24) is 9.80 Å². The van der Waals surface area contributed by atoms with Gasteiger partial charge in [0.15, 0.2) is 0 Å². The molecule has 0 spiro atoms. The summed E-state index contributed by atoms with van der Waals surface area (Å²) in [5.41, 5.74) is 0. The Bertz CT molecular complexity index is 386. The SMILES string of the molecule is CN(C)CC1CCN(CCOc2ccc(Br)cc2)CC1. The normalized spacial score (nSPS) is 17.6. The third-order valence-electron chi connectivity index (χ3n) is 3.82. The van der Waals surface area contributed by atoms with Crippen molar-refractivity contribution in [1.29, 1.82) is 0 Å². The van der Waals surface area contributed by atoms with E-state index in [1.54, 1.807) is 0 Å². The highest BCUT2D eigenvalue weighted by Gasteiger charge is 2.19. The number of ether oxygens (including phenoxy) is 1. The highest BCUT2D eigenvalue weighted by Crippen LogP contribution is 2.18.